The van der Waals surface area contributed by atoms with Crippen LogP contribution in [0.15, 0.2) is 0 Å². The van der Waals surface area contributed by atoms with Gasteiger partial charge in [-0.2, -0.15) is 0 Å². The summed E-state index contributed by atoms with van der Waals surface area (Å²) >= 11 is 2.96. The second-order valence-electron chi connectivity index (χ2n) is 4.42. The van der Waals surface area contributed by atoms with E-state index in [1.807, 2.05) is 0 Å². The quantitative estimate of drug-likeness (QED) is 0.412. The summed E-state index contributed by atoms with van der Waals surface area (Å²) in [4.78, 5) is 33.1. The lowest BCUT2D eigenvalue weighted by atomic mass is 10.0. The molecule has 0 aromatic heterocycles. The molecule has 1 aliphatic heterocycles. The van der Waals surface area contributed by atoms with Crippen molar-refractivity contribution in [2.24, 2.45) is 0 Å². The molecule has 0 spiro atoms. The van der Waals surface area contributed by atoms with Crippen LogP contribution in [-0.2, 0) is 33.3 Å². The number of esters is 3. The van der Waals surface area contributed by atoms with E-state index in [1.165, 1.54) is 6.92 Å². The van der Waals surface area contributed by atoms with E-state index in [9.17, 15) is 18.8 Å². The molecule has 0 radical (unpaired) electrons. The summed E-state index contributed by atoms with van der Waals surface area (Å²) in [7, 11) is 0. The minimum Gasteiger partial charge on any atom is -0.463 e. The van der Waals surface area contributed by atoms with Gasteiger partial charge in [-0.25, -0.2) is 4.39 Å². The van der Waals surface area contributed by atoms with Gasteiger partial charge in [0.05, 0.1) is 0 Å². The third kappa shape index (κ3) is 5.24. The lowest BCUT2D eigenvalue weighted by Crippen LogP contribution is -2.58. The van der Waals surface area contributed by atoms with E-state index >= 15 is 0 Å². The molecule has 1 heterocycles. The van der Waals surface area contributed by atoms with E-state index in [0.29, 0.717) is 0 Å². The van der Waals surface area contributed by atoms with E-state index in [4.69, 9.17) is 18.9 Å². The molecule has 9 heteroatoms. The molecule has 0 N–H and O–H groups in total. The number of hydrogen-bond donors (Lipinski definition) is 0. The molecule has 1 saturated heterocycles. The fourth-order valence-electron chi connectivity index (χ4n) is 1.85. The number of alkyl halides is 2. The van der Waals surface area contributed by atoms with Crippen LogP contribution in [0.3, 0.4) is 0 Å². The first-order valence-corrected chi connectivity index (χ1v) is 7.05. The highest BCUT2D eigenvalue weighted by molar-refractivity contribution is 9.09. The SMILES string of the molecule is CC(=O)OC[C@H]1OC(Br)[C@H](F)[C@@H](OC(C)=O)[C@H]1OC(C)=O. The van der Waals surface area contributed by atoms with Crippen molar-refractivity contribution in [1.82, 2.24) is 0 Å². The van der Waals surface area contributed by atoms with Crippen LogP contribution in [-0.4, -0.2) is 54.0 Å². The van der Waals surface area contributed by atoms with Crippen molar-refractivity contribution >= 4 is 33.8 Å². The highest BCUT2D eigenvalue weighted by Gasteiger charge is 2.50. The first-order valence-electron chi connectivity index (χ1n) is 6.13. The zero-order valence-corrected chi connectivity index (χ0v) is 13.3. The fraction of sp³-hybridized carbons (Fsp3) is 0.750. The largest absolute Gasteiger partial charge is 0.463 e. The Balaban J connectivity index is 2.94. The Kier molecular flexibility index (Phi) is 6.53. The van der Waals surface area contributed by atoms with Crippen molar-refractivity contribution < 1.29 is 37.7 Å². The molecule has 1 fully saturated rings. The summed E-state index contributed by atoms with van der Waals surface area (Å²) in [5.41, 5.74) is 0. The number of halogens is 2. The van der Waals surface area contributed by atoms with Crippen LogP contribution in [0.5, 0.6) is 0 Å². The summed E-state index contributed by atoms with van der Waals surface area (Å²) < 4.78 is 34.0. The Morgan fingerprint density at radius 1 is 1.05 bits per heavy atom. The van der Waals surface area contributed by atoms with Crippen molar-refractivity contribution in [3.8, 4) is 0 Å². The fourth-order valence-corrected chi connectivity index (χ4v) is 2.43. The molecular formula is C12H16BrFO7. The Morgan fingerprint density at radius 2 is 1.57 bits per heavy atom. The van der Waals surface area contributed by atoms with Crippen LogP contribution in [0.4, 0.5) is 4.39 Å². The van der Waals surface area contributed by atoms with E-state index in [-0.39, 0.29) is 6.61 Å². The monoisotopic (exact) mass is 370 g/mol. The van der Waals surface area contributed by atoms with Gasteiger partial charge in [0, 0.05) is 20.8 Å². The molecule has 120 valence electrons. The topological polar surface area (TPSA) is 88.1 Å². The Morgan fingerprint density at radius 3 is 2.05 bits per heavy atom. The first-order chi connectivity index (χ1) is 9.72. The first kappa shape index (κ1) is 17.8. The Labute approximate surface area is 129 Å². The van der Waals surface area contributed by atoms with Gasteiger partial charge in [0.25, 0.3) is 0 Å². The Bertz CT molecular complexity index is 416. The highest BCUT2D eigenvalue weighted by atomic mass is 79.9. The van der Waals surface area contributed by atoms with Gasteiger partial charge in [-0.05, 0) is 0 Å². The molecule has 0 aromatic carbocycles. The van der Waals surface area contributed by atoms with Crippen molar-refractivity contribution in [2.75, 3.05) is 6.61 Å². The van der Waals surface area contributed by atoms with Crippen LogP contribution in [0, 0.1) is 0 Å². The summed E-state index contributed by atoms with van der Waals surface area (Å²) in [6.07, 6.45) is -5.27. The van der Waals surface area contributed by atoms with E-state index in [0.717, 1.165) is 13.8 Å². The number of ether oxygens (including phenoxy) is 4. The maximum Gasteiger partial charge on any atom is 0.303 e. The van der Waals surface area contributed by atoms with Crippen LogP contribution in [0.25, 0.3) is 0 Å². The van der Waals surface area contributed by atoms with Gasteiger partial charge in [0.1, 0.15) is 17.7 Å². The van der Waals surface area contributed by atoms with Gasteiger partial charge in [-0.3, -0.25) is 14.4 Å². The lowest BCUT2D eigenvalue weighted by molar-refractivity contribution is -0.220. The molecular weight excluding hydrogens is 355 g/mol. The number of carbonyl (C=O) groups excluding carboxylic acids is 3. The van der Waals surface area contributed by atoms with E-state index in [2.05, 4.69) is 15.9 Å². The second-order valence-corrected chi connectivity index (χ2v) is 5.32. The standard InChI is InChI=1S/C12H16BrFO7/c1-5(15)18-4-8-10(19-6(2)16)11(20-7(3)17)9(14)12(13)21-8/h8-12H,4H2,1-3H3/t8-,9-,10+,11-,12?/m1/s1. The molecule has 0 aromatic rings. The third-order valence-electron chi connectivity index (χ3n) is 2.61. The molecule has 21 heavy (non-hydrogen) atoms. The van der Waals surface area contributed by atoms with Gasteiger partial charge in [0.15, 0.2) is 18.4 Å². The van der Waals surface area contributed by atoms with Gasteiger partial charge in [0.2, 0.25) is 0 Å². The van der Waals surface area contributed by atoms with Crippen molar-refractivity contribution in [2.45, 2.75) is 50.3 Å². The smallest absolute Gasteiger partial charge is 0.303 e. The molecule has 1 unspecified atom stereocenters. The maximum atomic E-state index is 14.1. The molecule has 5 atom stereocenters. The highest BCUT2D eigenvalue weighted by Crippen LogP contribution is 2.31. The Hall–Kier alpha value is -1.22. The van der Waals surface area contributed by atoms with Crippen molar-refractivity contribution in [3.63, 3.8) is 0 Å². The molecule has 0 bridgehead atoms. The minimum absolute atomic E-state index is 0.264. The number of rotatable bonds is 4. The predicted molar refractivity (Wildman–Crippen MR) is 70.2 cm³/mol. The summed E-state index contributed by atoms with van der Waals surface area (Å²) in [6.45, 7) is 3.16. The van der Waals surface area contributed by atoms with Gasteiger partial charge >= 0.3 is 17.9 Å². The van der Waals surface area contributed by atoms with Crippen LogP contribution in [0.1, 0.15) is 20.8 Å². The zero-order valence-electron chi connectivity index (χ0n) is 11.7. The van der Waals surface area contributed by atoms with Crippen molar-refractivity contribution in [3.05, 3.63) is 0 Å². The van der Waals surface area contributed by atoms with Gasteiger partial charge < -0.3 is 18.9 Å². The van der Waals surface area contributed by atoms with Crippen LogP contribution in [0.2, 0.25) is 0 Å². The maximum absolute atomic E-state index is 14.1. The lowest BCUT2D eigenvalue weighted by Gasteiger charge is -2.40. The molecule has 1 rings (SSSR count). The van der Waals surface area contributed by atoms with Crippen molar-refractivity contribution in [1.29, 1.82) is 0 Å². The molecule has 0 amide bonds. The van der Waals surface area contributed by atoms with E-state index in [1.54, 1.807) is 0 Å². The summed E-state index contributed by atoms with van der Waals surface area (Å²) in [6, 6.07) is 0. The number of carbonyl (C=O) groups is 3. The molecule has 0 saturated carbocycles. The summed E-state index contributed by atoms with van der Waals surface area (Å²) in [5, 5.41) is -1.09. The average Bonchev–Trinajstić information content (AvgIpc) is 2.35. The van der Waals surface area contributed by atoms with Gasteiger partial charge in [-0.15, -0.1) is 0 Å². The van der Waals surface area contributed by atoms with Crippen LogP contribution >= 0.6 is 15.9 Å². The summed E-state index contributed by atoms with van der Waals surface area (Å²) in [5.74, 6) is -2.00. The third-order valence-corrected chi connectivity index (χ3v) is 3.34. The van der Waals surface area contributed by atoms with E-state index < -0.39 is 47.4 Å². The zero-order chi connectivity index (χ0) is 16.2. The minimum atomic E-state index is -1.74. The van der Waals surface area contributed by atoms with Gasteiger partial charge in [-0.1, -0.05) is 15.9 Å². The molecule has 7 nitrogen and oxygen atoms in total. The molecule has 0 aliphatic carbocycles. The average molecular weight is 371 g/mol. The van der Waals surface area contributed by atoms with Crippen LogP contribution < -0.4 is 0 Å². The second kappa shape index (κ2) is 7.69. The predicted octanol–water partition coefficient (Wildman–Crippen LogP) is 0.871. The normalized spacial score (nSPS) is 32.1. The molecule has 1 aliphatic rings. The number of hydrogen-bond acceptors (Lipinski definition) is 7.